The lowest BCUT2D eigenvalue weighted by Crippen LogP contribution is -2.49. The minimum Gasteiger partial charge on any atom is -0.351 e. The van der Waals surface area contributed by atoms with Gasteiger partial charge in [0.05, 0.1) is 5.75 Å². The molecule has 6 nitrogen and oxygen atoms in total. The summed E-state index contributed by atoms with van der Waals surface area (Å²) in [5.41, 5.74) is 1.60. The number of rotatable bonds is 5. The predicted octanol–water partition coefficient (Wildman–Crippen LogP) is 1.36. The number of carbonyl (C=O) groups is 1. The summed E-state index contributed by atoms with van der Waals surface area (Å²) in [5, 5.41) is 1.04. The third-order valence-electron chi connectivity index (χ3n) is 4.41. The molecule has 0 bridgehead atoms. The van der Waals surface area contributed by atoms with Crippen molar-refractivity contribution in [3.05, 3.63) is 36.0 Å². The average molecular weight is 349 g/mol. The van der Waals surface area contributed by atoms with Gasteiger partial charge in [0, 0.05) is 43.3 Å². The zero-order valence-corrected chi connectivity index (χ0v) is 14.7. The number of aromatic nitrogens is 1. The molecule has 3 rings (SSSR count). The van der Waals surface area contributed by atoms with Crippen molar-refractivity contribution in [3.8, 4) is 0 Å². The average Bonchev–Trinajstić information content (AvgIpc) is 2.98. The Morgan fingerprint density at radius 3 is 2.54 bits per heavy atom. The molecule has 1 N–H and O–H groups in total. The van der Waals surface area contributed by atoms with Gasteiger partial charge in [-0.1, -0.05) is 18.2 Å². The number of piperazine rings is 1. The van der Waals surface area contributed by atoms with E-state index in [1.807, 2.05) is 35.2 Å². The molecule has 1 amide bonds. The van der Waals surface area contributed by atoms with E-state index in [1.165, 1.54) is 6.26 Å². The molecule has 0 aliphatic carbocycles. The van der Waals surface area contributed by atoms with E-state index >= 15 is 0 Å². The Bertz CT molecular complexity index is 787. The van der Waals surface area contributed by atoms with Crippen LogP contribution in [0.3, 0.4) is 0 Å². The fourth-order valence-electron chi connectivity index (χ4n) is 3.08. The number of carbonyl (C=O) groups excluding carboxylic acids is 1. The number of nitrogens with zero attached hydrogens (tertiary/aromatic N) is 2. The monoisotopic (exact) mass is 349 g/mol. The first kappa shape index (κ1) is 17.0. The van der Waals surface area contributed by atoms with Crippen LogP contribution in [0.2, 0.25) is 0 Å². The van der Waals surface area contributed by atoms with E-state index in [9.17, 15) is 13.2 Å². The molecule has 0 radical (unpaired) electrons. The van der Waals surface area contributed by atoms with Gasteiger partial charge in [0.1, 0.15) is 15.5 Å². The molecule has 7 heteroatoms. The lowest BCUT2D eigenvalue weighted by Gasteiger charge is -2.34. The van der Waals surface area contributed by atoms with Crippen LogP contribution in [0.4, 0.5) is 0 Å². The van der Waals surface area contributed by atoms with Gasteiger partial charge in [0.15, 0.2) is 0 Å². The highest BCUT2D eigenvalue weighted by Gasteiger charge is 2.23. The summed E-state index contributed by atoms with van der Waals surface area (Å²) in [7, 11) is -2.89. The molecule has 1 aromatic carbocycles. The van der Waals surface area contributed by atoms with Crippen LogP contribution in [0, 0.1) is 0 Å². The second-order valence-electron chi connectivity index (χ2n) is 6.39. The maximum Gasteiger partial charge on any atom is 0.270 e. The second-order valence-corrected chi connectivity index (χ2v) is 8.65. The number of para-hydroxylation sites is 1. The number of hydrogen-bond acceptors (Lipinski definition) is 4. The summed E-state index contributed by atoms with van der Waals surface area (Å²) in [6.45, 7) is 3.69. The number of hydrogen-bond donors (Lipinski definition) is 1. The maximum atomic E-state index is 12.6. The van der Waals surface area contributed by atoms with Crippen LogP contribution in [0.15, 0.2) is 30.3 Å². The Labute approximate surface area is 142 Å². The quantitative estimate of drug-likeness (QED) is 0.885. The third-order valence-corrected chi connectivity index (χ3v) is 5.44. The summed E-state index contributed by atoms with van der Waals surface area (Å²) >= 11 is 0. The first-order chi connectivity index (χ1) is 11.4. The molecule has 1 saturated heterocycles. The van der Waals surface area contributed by atoms with Gasteiger partial charge < -0.3 is 9.88 Å². The molecule has 1 fully saturated rings. The van der Waals surface area contributed by atoms with Gasteiger partial charge in [-0.2, -0.15) is 0 Å². The minimum atomic E-state index is -2.89. The molecule has 1 aliphatic heterocycles. The number of sulfone groups is 1. The van der Waals surface area contributed by atoms with Crippen LogP contribution >= 0.6 is 0 Å². The molecule has 24 heavy (non-hydrogen) atoms. The molecule has 0 saturated carbocycles. The summed E-state index contributed by atoms with van der Waals surface area (Å²) in [5.74, 6) is 0.253. The summed E-state index contributed by atoms with van der Waals surface area (Å²) in [6, 6.07) is 9.76. The smallest absolute Gasteiger partial charge is 0.270 e. The van der Waals surface area contributed by atoms with E-state index < -0.39 is 9.84 Å². The van der Waals surface area contributed by atoms with Crippen molar-refractivity contribution >= 4 is 26.6 Å². The van der Waals surface area contributed by atoms with Crippen molar-refractivity contribution in [3.63, 3.8) is 0 Å². The molecule has 130 valence electrons. The first-order valence-corrected chi connectivity index (χ1v) is 10.3. The van der Waals surface area contributed by atoms with E-state index in [2.05, 4.69) is 9.88 Å². The van der Waals surface area contributed by atoms with Crippen LogP contribution < -0.4 is 0 Å². The number of H-pyrrole nitrogens is 1. The van der Waals surface area contributed by atoms with Crippen molar-refractivity contribution in [1.82, 2.24) is 14.8 Å². The summed E-state index contributed by atoms with van der Waals surface area (Å²) < 4.78 is 22.3. The van der Waals surface area contributed by atoms with Crippen LogP contribution in [-0.4, -0.2) is 73.8 Å². The van der Waals surface area contributed by atoms with Gasteiger partial charge in [0.25, 0.3) is 5.91 Å². The topological polar surface area (TPSA) is 73.5 Å². The van der Waals surface area contributed by atoms with Crippen LogP contribution in [0.25, 0.3) is 10.9 Å². The van der Waals surface area contributed by atoms with Gasteiger partial charge in [-0.15, -0.1) is 0 Å². The molecular weight excluding hydrogens is 326 g/mol. The molecule has 0 spiro atoms. The van der Waals surface area contributed by atoms with Gasteiger partial charge >= 0.3 is 0 Å². The maximum absolute atomic E-state index is 12.6. The Morgan fingerprint density at radius 2 is 1.88 bits per heavy atom. The number of benzene rings is 1. The number of amides is 1. The molecule has 2 heterocycles. The van der Waals surface area contributed by atoms with Gasteiger partial charge in [-0.3, -0.25) is 9.69 Å². The van der Waals surface area contributed by atoms with E-state index in [0.29, 0.717) is 25.2 Å². The molecule has 1 aromatic heterocycles. The largest absolute Gasteiger partial charge is 0.351 e. The van der Waals surface area contributed by atoms with Crippen LogP contribution in [0.1, 0.15) is 16.9 Å². The van der Waals surface area contributed by atoms with Crippen molar-refractivity contribution in [1.29, 1.82) is 0 Å². The number of fused-ring (bicyclic) bond motifs is 1. The second kappa shape index (κ2) is 6.94. The van der Waals surface area contributed by atoms with Gasteiger partial charge in [0.2, 0.25) is 0 Å². The predicted molar refractivity (Wildman–Crippen MR) is 95.0 cm³/mol. The van der Waals surface area contributed by atoms with E-state index in [0.717, 1.165) is 30.5 Å². The third kappa shape index (κ3) is 4.15. The fraction of sp³-hybridized carbons (Fsp3) is 0.471. The Kier molecular flexibility index (Phi) is 4.91. The number of aromatic amines is 1. The molecule has 2 aromatic rings. The highest BCUT2D eigenvalue weighted by molar-refractivity contribution is 7.90. The Morgan fingerprint density at radius 1 is 1.17 bits per heavy atom. The van der Waals surface area contributed by atoms with E-state index in [1.54, 1.807) is 0 Å². The zero-order valence-electron chi connectivity index (χ0n) is 13.9. The van der Waals surface area contributed by atoms with Crippen molar-refractivity contribution in [2.75, 3.05) is 44.7 Å². The van der Waals surface area contributed by atoms with Crippen molar-refractivity contribution < 1.29 is 13.2 Å². The minimum absolute atomic E-state index is 0.0296. The molecular formula is C17H23N3O3S. The highest BCUT2D eigenvalue weighted by Crippen LogP contribution is 2.17. The molecule has 0 unspecified atom stereocenters. The molecule has 1 aliphatic rings. The SMILES string of the molecule is CS(=O)(=O)CCCN1CCN(C(=O)c2cc3ccccc3[nH]2)CC1. The van der Waals surface area contributed by atoms with E-state index in [-0.39, 0.29) is 11.7 Å². The van der Waals surface area contributed by atoms with Crippen molar-refractivity contribution in [2.45, 2.75) is 6.42 Å². The standard InChI is InChI=1S/C17H23N3O3S/c1-24(22,23)12-4-7-19-8-10-20(11-9-19)17(21)16-13-14-5-2-3-6-15(14)18-16/h2-3,5-6,13,18H,4,7-12H2,1H3. The van der Waals surface area contributed by atoms with Crippen LogP contribution in [0.5, 0.6) is 0 Å². The van der Waals surface area contributed by atoms with Gasteiger partial charge in [-0.05, 0) is 25.1 Å². The number of nitrogens with one attached hydrogen (secondary N) is 1. The summed E-state index contributed by atoms with van der Waals surface area (Å²) in [6.07, 6.45) is 1.92. The molecule has 0 atom stereocenters. The normalized spacial score (nSPS) is 16.6. The Balaban J connectivity index is 1.53. The fourth-order valence-corrected chi connectivity index (χ4v) is 3.74. The first-order valence-electron chi connectivity index (χ1n) is 8.19. The van der Waals surface area contributed by atoms with Gasteiger partial charge in [-0.25, -0.2) is 8.42 Å². The lowest BCUT2D eigenvalue weighted by atomic mass is 10.2. The van der Waals surface area contributed by atoms with Crippen LogP contribution in [-0.2, 0) is 9.84 Å². The lowest BCUT2D eigenvalue weighted by molar-refractivity contribution is 0.0633. The van der Waals surface area contributed by atoms with Crippen molar-refractivity contribution in [2.24, 2.45) is 0 Å². The Hall–Kier alpha value is -1.86. The highest BCUT2D eigenvalue weighted by atomic mass is 32.2. The summed E-state index contributed by atoms with van der Waals surface area (Å²) in [4.78, 5) is 19.9. The van der Waals surface area contributed by atoms with E-state index in [4.69, 9.17) is 0 Å². The zero-order chi connectivity index (χ0) is 17.2.